The van der Waals surface area contributed by atoms with E-state index in [0.717, 1.165) is 24.2 Å². The van der Waals surface area contributed by atoms with Crippen molar-refractivity contribution in [2.24, 2.45) is 0 Å². The third-order valence-corrected chi connectivity index (χ3v) is 3.30. The van der Waals surface area contributed by atoms with Gasteiger partial charge >= 0.3 is 0 Å². The van der Waals surface area contributed by atoms with Crippen molar-refractivity contribution in [1.82, 2.24) is 24.8 Å². The maximum Gasteiger partial charge on any atom is 0.125 e. The molecule has 1 unspecified atom stereocenters. The monoisotopic (exact) mass is 283 g/mol. The third kappa shape index (κ3) is 2.71. The van der Waals surface area contributed by atoms with E-state index in [4.69, 9.17) is 0 Å². The van der Waals surface area contributed by atoms with Crippen molar-refractivity contribution in [3.8, 4) is 5.69 Å². The Bertz CT molecular complexity index is 704. The summed E-state index contributed by atoms with van der Waals surface area (Å²) in [5.74, 6) is 0. The highest BCUT2D eigenvalue weighted by molar-refractivity contribution is 5.32. The van der Waals surface area contributed by atoms with Crippen molar-refractivity contribution in [1.29, 1.82) is 0 Å². The van der Waals surface area contributed by atoms with E-state index in [0.29, 0.717) is 5.69 Å². The van der Waals surface area contributed by atoms with Crippen LogP contribution in [0.5, 0.6) is 0 Å². The molecule has 6 heteroatoms. The second-order valence-corrected chi connectivity index (χ2v) is 4.84. The molecule has 2 aromatic heterocycles. The summed E-state index contributed by atoms with van der Waals surface area (Å²) >= 11 is 0. The summed E-state index contributed by atoms with van der Waals surface area (Å²) in [6.45, 7) is 2.80. The Hall–Kier alpha value is -2.47. The second-order valence-electron chi connectivity index (χ2n) is 4.84. The number of rotatable bonds is 5. The molecular weight excluding hydrogens is 266 g/mol. The lowest BCUT2D eigenvalue weighted by Crippen LogP contribution is -2.09. The van der Waals surface area contributed by atoms with Gasteiger partial charge in [0.25, 0.3) is 0 Å². The largest absolute Gasteiger partial charge is 0.382 e. The van der Waals surface area contributed by atoms with Gasteiger partial charge < -0.3 is 5.11 Å². The standard InChI is InChI=1S/C15H17N5O/c1-2-8-19-14(10-16-18-19)15(21)12-9-17-20(11-12)13-6-4-3-5-7-13/h3-7,9-11,15,21H,2,8H2,1H3. The van der Waals surface area contributed by atoms with Crippen molar-refractivity contribution >= 4 is 0 Å². The Morgan fingerprint density at radius 1 is 1.19 bits per heavy atom. The summed E-state index contributed by atoms with van der Waals surface area (Å²) in [7, 11) is 0. The van der Waals surface area contributed by atoms with Crippen LogP contribution in [0.25, 0.3) is 5.69 Å². The van der Waals surface area contributed by atoms with Gasteiger partial charge in [0.2, 0.25) is 0 Å². The van der Waals surface area contributed by atoms with Crippen molar-refractivity contribution in [3.05, 3.63) is 60.2 Å². The van der Waals surface area contributed by atoms with E-state index >= 15 is 0 Å². The smallest absolute Gasteiger partial charge is 0.125 e. The lowest BCUT2D eigenvalue weighted by Gasteiger charge is -2.09. The summed E-state index contributed by atoms with van der Waals surface area (Å²) in [6, 6.07) is 9.79. The predicted octanol–water partition coefficient (Wildman–Crippen LogP) is 1.96. The van der Waals surface area contributed by atoms with Gasteiger partial charge in [-0.1, -0.05) is 30.3 Å². The molecule has 3 aromatic rings. The summed E-state index contributed by atoms with van der Waals surface area (Å²) in [5.41, 5.74) is 2.36. The molecule has 3 rings (SSSR count). The van der Waals surface area contributed by atoms with Gasteiger partial charge in [0.15, 0.2) is 0 Å². The Labute approximate surface area is 122 Å². The first-order chi connectivity index (χ1) is 10.3. The van der Waals surface area contributed by atoms with E-state index in [-0.39, 0.29) is 0 Å². The van der Waals surface area contributed by atoms with Gasteiger partial charge in [0, 0.05) is 18.3 Å². The molecule has 108 valence electrons. The molecule has 0 radical (unpaired) electrons. The number of hydrogen-bond acceptors (Lipinski definition) is 4. The zero-order valence-corrected chi connectivity index (χ0v) is 11.8. The van der Waals surface area contributed by atoms with Crippen LogP contribution in [-0.2, 0) is 6.54 Å². The Morgan fingerprint density at radius 2 is 2.00 bits per heavy atom. The van der Waals surface area contributed by atoms with Crippen LogP contribution in [0, 0.1) is 0 Å². The molecule has 21 heavy (non-hydrogen) atoms. The number of hydrogen-bond donors (Lipinski definition) is 1. The number of benzene rings is 1. The molecule has 0 fully saturated rings. The fourth-order valence-electron chi connectivity index (χ4n) is 2.23. The molecule has 0 saturated carbocycles. The molecule has 2 heterocycles. The quantitative estimate of drug-likeness (QED) is 0.777. The summed E-state index contributed by atoms with van der Waals surface area (Å²) in [5, 5.41) is 22.7. The topological polar surface area (TPSA) is 68.8 Å². The van der Waals surface area contributed by atoms with Crippen LogP contribution in [0.3, 0.4) is 0 Å². The van der Waals surface area contributed by atoms with Crippen molar-refractivity contribution < 1.29 is 5.11 Å². The van der Waals surface area contributed by atoms with Crippen LogP contribution in [0.1, 0.15) is 30.7 Å². The summed E-state index contributed by atoms with van der Waals surface area (Å²) < 4.78 is 3.47. The van der Waals surface area contributed by atoms with Crippen LogP contribution in [0.4, 0.5) is 0 Å². The molecule has 0 spiro atoms. The number of para-hydroxylation sites is 1. The predicted molar refractivity (Wildman–Crippen MR) is 77.9 cm³/mol. The van der Waals surface area contributed by atoms with Gasteiger partial charge in [-0.2, -0.15) is 5.10 Å². The van der Waals surface area contributed by atoms with Crippen LogP contribution < -0.4 is 0 Å². The lowest BCUT2D eigenvalue weighted by molar-refractivity contribution is 0.207. The Kier molecular flexibility index (Phi) is 3.79. The van der Waals surface area contributed by atoms with Crippen LogP contribution in [-0.4, -0.2) is 29.9 Å². The average Bonchev–Trinajstić information content (AvgIpc) is 3.17. The normalized spacial score (nSPS) is 12.5. The van der Waals surface area contributed by atoms with E-state index in [1.807, 2.05) is 36.5 Å². The number of nitrogens with zero attached hydrogens (tertiary/aromatic N) is 5. The van der Waals surface area contributed by atoms with E-state index in [2.05, 4.69) is 22.3 Å². The van der Waals surface area contributed by atoms with Crippen molar-refractivity contribution in [3.63, 3.8) is 0 Å². The molecule has 6 nitrogen and oxygen atoms in total. The number of aromatic nitrogens is 5. The second kappa shape index (κ2) is 5.88. The maximum atomic E-state index is 10.5. The molecule has 0 saturated heterocycles. The van der Waals surface area contributed by atoms with Gasteiger partial charge in [-0.05, 0) is 18.6 Å². The van der Waals surface area contributed by atoms with Crippen LogP contribution in [0.15, 0.2) is 48.9 Å². The van der Waals surface area contributed by atoms with E-state index in [9.17, 15) is 5.11 Å². The van der Waals surface area contributed by atoms with E-state index in [1.165, 1.54) is 0 Å². The summed E-state index contributed by atoms with van der Waals surface area (Å²) in [6.07, 6.45) is 5.25. The van der Waals surface area contributed by atoms with E-state index < -0.39 is 6.10 Å². The Balaban J connectivity index is 1.87. The third-order valence-electron chi connectivity index (χ3n) is 3.30. The van der Waals surface area contributed by atoms with Crippen molar-refractivity contribution in [2.45, 2.75) is 26.0 Å². The molecule has 0 aliphatic rings. The Morgan fingerprint density at radius 3 is 2.76 bits per heavy atom. The first-order valence-corrected chi connectivity index (χ1v) is 6.96. The van der Waals surface area contributed by atoms with Crippen molar-refractivity contribution in [2.75, 3.05) is 0 Å². The van der Waals surface area contributed by atoms with E-state index in [1.54, 1.807) is 21.8 Å². The SMILES string of the molecule is CCCn1nncc1C(O)c1cnn(-c2ccccc2)c1. The number of aryl methyl sites for hydroxylation is 1. The summed E-state index contributed by atoms with van der Waals surface area (Å²) in [4.78, 5) is 0. The molecule has 0 aliphatic heterocycles. The van der Waals surface area contributed by atoms with Gasteiger partial charge in [0.1, 0.15) is 6.10 Å². The maximum absolute atomic E-state index is 10.5. The molecular formula is C15H17N5O. The lowest BCUT2D eigenvalue weighted by atomic mass is 10.1. The highest BCUT2D eigenvalue weighted by Gasteiger charge is 2.18. The van der Waals surface area contributed by atoms with Gasteiger partial charge in [-0.3, -0.25) is 0 Å². The zero-order chi connectivity index (χ0) is 14.7. The molecule has 1 N–H and O–H groups in total. The fraction of sp³-hybridized carbons (Fsp3) is 0.267. The molecule has 1 atom stereocenters. The van der Waals surface area contributed by atoms with Crippen LogP contribution >= 0.6 is 0 Å². The highest BCUT2D eigenvalue weighted by Crippen LogP contribution is 2.21. The minimum Gasteiger partial charge on any atom is -0.382 e. The highest BCUT2D eigenvalue weighted by atomic mass is 16.3. The first-order valence-electron chi connectivity index (χ1n) is 6.96. The van der Waals surface area contributed by atoms with Gasteiger partial charge in [0.05, 0.1) is 23.8 Å². The number of aliphatic hydroxyl groups is 1. The van der Waals surface area contributed by atoms with Gasteiger partial charge in [-0.25, -0.2) is 9.36 Å². The molecule has 0 amide bonds. The minimum atomic E-state index is -0.774. The first kappa shape index (κ1) is 13.5. The van der Waals surface area contributed by atoms with Gasteiger partial charge in [-0.15, -0.1) is 5.10 Å². The number of aliphatic hydroxyl groups excluding tert-OH is 1. The van der Waals surface area contributed by atoms with Crippen LogP contribution in [0.2, 0.25) is 0 Å². The average molecular weight is 283 g/mol. The zero-order valence-electron chi connectivity index (χ0n) is 11.8. The molecule has 1 aromatic carbocycles. The molecule has 0 aliphatic carbocycles. The molecule has 0 bridgehead atoms. The fourth-order valence-corrected chi connectivity index (χ4v) is 2.23. The minimum absolute atomic E-state index is 0.685.